The number of ether oxygens (including phenoxy) is 1. The molecule has 30 heavy (non-hydrogen) atoms. The molecule has 0 radical (unpaired) electrons. The molecule has 0 bridgehead atoms. The maximum absolute atomic E-state index is 11.1. The van der Waals surface area contributed by atoms with Crippen LogP contribution in [0.2, 0.25) is 0 Å². The van der Waals surface area contributed by atoms with E-state index in [1.54, 1.807) is 13.0 Å². The number of phenolic OH excluding ortho intramolecular Hbond substituents is 3. The van der Waals surface area contributed by atoms with Gasteiger partial charge < -0.3 is 20.1 Å². The summed E-state index contributed by atoms with van der Waals surface area (Å²) in [4.78, 5) is 0. The van der Waals surface area contributed by atoms with Crippen LogP contribution < -0.4 is 4.74 Å². The minimum Gasteiger partial charge on any atom is -0.508 e. The molecule has 0 amide bonds. The van der Waals surface area contributed by atoms with Crippen LogP contribution in [-0.4, -0.2) is 15.3 Å². The van der Waals surface area contributed by atoms with Crippen molar-refractivity contribution in [3.05, 3.63) is 46.5 Å². The number of hydrogen-bond acceptors (Lipinski definition) is 4. The molecule has 0 saturated heterocycles. The number of aromatic hydroxyl groups is 3. The Morgan fingerprint density at radius 1 is 0.767 bits per heavy atom. The molecule has 0 unspecified atom stereocenters. The van der Waals surface area contributed by atoms with Gasteiger partial charge in [0.05, 0.1) is 0 Å². The summed E-state index contributed by atoms with van der Waals surface area (Å²) in [6.07, 6.45) is 10.0. The average molecular weight is 409 g/mol. The van der Waals surface area contributed by atoms with Crippen molar-refractivity contribution in [3.8, 4) is 23.0 Å². The van der Waals surface area contributed by atoms with Gasteiger partial charge in [0.25, 0.3) is 0 Å². The molecule has 5 rings (SSSR count). The fraction of sp³-hybridized carbons (Fsp3) is 0.538. The van der Waals surface area contributed by atoms with E-state index in [1.807, 2.05) is 19.1 Å². The van der Waals surface area contributed by atoms with E-state index < -0.39 is 5.60 Å². The lowest BCUT2D eigenvalue weighted by Gasteiger charge is -2.59. The number of hydrogen-bond donors (Lipinski definition) is 3. The van der Waals surface area contributed by atoms with Crippen molar-refractivity contribution in [2.75, 3.05) is 0 Å². The molecular formula is C26H32O4. The van der Waals surface area contributed by atoms with Crippen molar-refractivity contribution in [3.63, 3.8) is 0 Å². The first-order valence-corrected chi connectivity index (χ1v) is 11.4. The largest absolute Gasteiger partial charge is 0.508 e. The summed E-state index contributed by atoms with van der Waals surface area (Å²) in [5.74, 6) is 1.59. The topological polar surface area (TPSA) is 69.9 Å². The molecule has 1 spiro atoms. The Morgan fingerprint density at radius 3 is 2.13 bits per heavy atom. The molecule has 2 saturated carbocycles. The highest BCUT2D eigenvalue weighted by Crippen LogP contribution is 2.64. The first-order chi connectivity index (χ1) is 14.4. The monoisotopic (exact) mass is 408 g/mol. The third kappa shape index (κ3) is 2.52. The van der Waals surface area contributed by atoms with Gasteiger partial charge in [-0.2, -0.15) is 0 Å². The van der Waals surface area contributed by atoms with Crippen LogP contribution in [-0.2, 0) is 11.0 Å². The van der Waals surface area contributed by atoms with Gasteiger partial charge in [-0.25, -0.2) is 0 Å². The summed E-state index contributed by atoms with van der Waals surface area (Å²) in [5, 5.41) is 31.8. The lowest BCUT2D eigenvalue weighted by Crippen LogP contribution is -2.57. The molecule has 2 aliphatic carbocycles. The molecule has 2 aromatic carbocycles. The van der Waals surface area contributed by atoms with Crippen molar-refractivity contribution in [1.82, 2.24) is 0 Å². The lowest BCUT2D eigenvalue weighted by molar-refractivity contribution is -0.0965. The summed E-state index contributed by atoms with van der Waals surface area (Å²) < 4.78 is 6.92. The van der Waals surface area contributed by atoms with E-state index in [0.717, 1.165) is 49.0 Å². The Morgan fingerprint density at radius 2 is 1.40 bits per heavy atom. The standard InChI is InChI=1S/C26H32O4/c1-16-20(27)11-9-18(23(16)29)26-15-7-4-8-22(26)25(13-5-3-6-14-25)19-10-12-21(28)17(2)24(19)30-26/h9-12,22,27-29H,3-8,13-15H2,1-2H3/t22-,26-/m0/s1. The molecule has 2 aromatic rings. The summed E-state index contributed by atoms with van der Waals surface area (Å²) in [6.45, 7) is 3.69. The van der Waals surface area contributed by atoms with Gasteiger partial charge in [0, 0.05) is 33.6 Å². The minimum atomic E-state index is -0.635. The van der Waals surface area contributed by atoms with E-state index in [4.69, 9.17) is 4.74 Å². The van der Waals surface area contributed by atoms with Gasteiger partial charge in [-0.05, 0) is 64.2 Å². The number of rotatable bonds is 1. The third-order valence-corrected chi connectivity index (χ3v) is 8.32. The quantitative estimate of drug-likeness (QED) is 0.533. The highest BCUT2D eigenvalue weighted by Gasteiger charge is 2.60. The Labute approximate surface area is 178 Å². The van der Waals surface area contributed by atoms with E-state index in [0.29, 0.717) is 5.56 Å². The predicted molar refractivity (Wildman–Crippen MR) is 116 cm³/mol. The van der Waals surface area contributed by atoms with E-state index >= 15 is 0 Å². The van der Waals surface area contributed by atoms with Crippen LogP contribution in [0, 0.1) is 19.8 Å². The van der Waals surface area contributed by atoms with Crippen molar-refractivity contribution in [2.24, 2.45) is 5.92 Å². The molecule has 2 fully saturated rings. The summed E-state index contributed by atoms with van der Waals surface area (Å²) in [5.41, 5.74) is 2.70. The summed E-state index contributed by atoms with van der Waals surface area (Å²) in [7, 11) is 0. The van der Waals surface area contributed by atoms with Crippen LogP contribution in [0.15, 0.2) is 24.3 Å². The van der Waals surface area contributed by atoms with Gasteiger partial charge in [0.1, 0.15) is 28.6 Å². The zero-order valence-electron chi connectivity index (χ0n) is 18.0. The van der Waals surface area contributed by atoms with Crippen LogP contribution in [0.3, 0.4) is 0 Å². The second kappa shape index (κ2) is 6.83. The molecule has 4 nitrogen and oxygen atoms in total. The number of benzene rings is 2. The van der Waals surface area contributed by atoms with Gasteiger partial charge in [0.15, 0.2) is 0 Å². The normalized spacial score (nSPS) is 27.2. The highest BCUT2D eigenvalue weighted by molar-refractivity contribution is 5.58. The fourth-order valence-electron chi connectivity index (χ4n) is 6.77. The SMILES string of the molecule is Cc1c(O)ccc([C@@]23CCCC[C@H]2C2(CCCCC2)c2ccc(O)c(C)c2O3)c1O. The summed E-state index contributed by atoms with van der Waals surface area (Å²) >= 11 is 0. The minimum absolute atomic E-state index is 0.00292. The first-order valence-electron chi connectivity index (χ1n) is 11.4. The molecule has 2 atom stereocenters. The van der Waals surface area contributed by atoms with Crippen molar-refractivity contribution >= 4 is 0 Å². The van der Waals surface area contributed by atoms with Crippen LogP contribution in [0.4, 0.5) is 0 Å². The van der Waals surface area contributed by atoms with Gasteiger partial charge in [-0.15, -0.1) is 0 Å². The van der Waals surface area contributed by atoms with E-state index in [9.17, 15) is 15.3 Å². The second-order valence-corrected chi connectivity index (χ2v) is 9.70. The molecule has 0 aromatic heterocycles. The Kier molecular flexibility index (Phi) is 4.46. The number of fused-ring (bicyclic) bond motifs is 4. The lowest BCUT2D eigenvalue weighted by atomic mass is 9.51. The zero-order valence-corrected chi connectivity index (χ0v) is 18.0. The first kappa shape index (κ1) is 19.6. The maximum atomic E-state index is 11.1. The average Bonchev–Trinajstić information content (AvgIpc) is 2.76. The summed E-state index contributed by atoms with van der Waals surface area (Å²) in [6, 6.07) is 7.46. The Bertz CT molecular complexity index is 989. The van der Waals surface area contributed by atoms with Crippen LogP contribution in [0.1, 0.15) is 80.0 Å². The van der Waals surface area contributed by atoms with Gasteiger partial charge in [0.2, 0.25) is 0 Å². The van der Waals surface area contributed by atoms with Crippen LogP contribution in [0.25, 0.3) is 0 Å². The van der Waals surface area contributed by atoms with Crippen LogP contribution >= 0.6 is 0 Å². The van der Waals surface area contributed by atoms with Crippen molar-refractivity contribution < 1.29 is 20.1 Å². The van der Waals surface area contributed by atoms with Gasteiger partial charge in [-0.3, -0.25) is 0 Å². The molecule has 3 N–H and O–H groups in total. The third-order valence-electron chi connectivity index (χ3n) is 8.32. The second-order valence-electron chi connectivity index (χ2n) is 9.70. The van der Waals surface area contributed by atoms with E-state index in [1.165, 1.54) is 31.2 Å². The Balaban J connectivity index is 1.80. The predicted octanol–water partition coefficient (Wildman–Crippen LogP) is 6.10. The molecule has 3 aliphatic rings. The zero-order chi connectivity index (χ0) is 21.1. The van der Waals surface area contributed by atoms with Crippen LogP contribution in [0.5, 0.6) is 23.0 Å². The van der Waals surface area contributed by atoms with E-state index in [-0.39, 0.29) is 28.6 Å². The highest BCUT2D eigenvalue weighted by atomic mass is 16.5. The molecule has 4 heteroatoms. The molecular weight excluding hydrogens is 376 g/mol. The fourth-order valence-corrected chi connectivity index (χ4v) is 6.77. The number of phenols is 3. The van der Waals surface area contributed by atoms with Gasteiger partial charge in [-0.1, -0.05) is 31.7 Å². The van der Waals surface area contributed by atoms with Crippen molar-refractivity contribution in [1.29, 1.82) is 0 Å². The van der Waals surface area contributed by atoms with Gasteiger partial charge >= 0.3 is 0 Å². The molecule has 160 valence electrons. The molecule has 1 aliphatic heterocycles. The smallest absolute Gasteiger partial charge is 0.141 e. The Hall–Kier alpha value is -2.36. The van der Waals surface area contributed by atoms with Crippen molar-refractivity contribution in [2.45, 2.75) is 82.7 Å². The molecule has 1 heterocycles. The maximum Gasteiger partial charge on any atom is 0.141 e. The van der Waals surface area contributed by atoms with E-state index in [2.05, 4.69) is 6.07 Å².